The van der Waals surface area contributed by atoms with Gasteiger partial charge in [0.25, 0.3) is 0 Å². The lowest BCUT2D eigenvalue weighted by Crippen LogP contribution is -2.54. The number of benzene rings is 2. The highest BCUT2D eigenvalue weighted by atomic mass is 32.2. The Morgan fingerprint density at radius 1 is 0.971 bits per heavy atom. The first-order valence-corrected chi connectivity index (χ1v) is 13.2. The Bertz CT molecular complexity index is 1120. The molecule has 0 radical (unpaired) electrons. The van der Waals surface area contributed by atoms with E-state index in [0.29, 0.717) is 5.69 Å². The van der Waals surface area contributed by atoms with E-state index in [1.54, 1.807) is 6.92 Å². The van der Waals surface area contributed by atoms with Gasteiger partial charge in [-0.2, -0.15) is 0 Å². The van der Waals surface area contributed by atoms with Crippen LogP contribution in [0.2, 0.25) is 0 Å². The minimum absolute atomic E-state index is 0.183. The van der Waals surface area contributed by atoms with Crippen molar-refractivity contribution in [2.24, 2.45) is 0 Å². The summed E-state index contributed by atoms with van der Waals surface area (Å²) in [6.45, 7) is 12.7. The van der Waals surface area contributed by atoms with E-state index in [9.17, 15) is 18.0 Å². The van der Waals surface area contributed by atoms with Gasteiger partial charge >= 0.3 is 0 Å². The molecule has 0 bridgehead atoms. The summed E-state index contributed by atoms with van der Waals surface area (Å²) in [5.41, 5.74) is 3.45. The van der Waals surface area contributed by atoms with Crippen molar-refractivity contribution >= 4 is 27.5 Å². The third-order valence-electron chi connectivity index (χ3n) is 5.51. The second-order valence-corrected chi connectivity index (χ2v) is 11.8. The normalized spacial score (nSPS) is 12.7. The van der Waals surface area contributed by atoms with Crippen LogP contribution in [0.25, 0.3) is 0 Å². The molecule has 2 aromatic carbocycles. The van der Waals surface area contributed by atoms with Gasteiger partial charge in [0.2, 0.25) is 21.8 Å². The van der Waals surface area contributed by atoms with Crippen LogP contribution in [0.15, 0.2) is 42.5 Å². The van der Waals surface area contributed by atoms with Crippen molar-refractivity contribution in [1.82, 2.24) is 10.2 Å². The van der Waals surface area contributed by atoms with Gasteiger partial charge in [-0.05, 0) is 65.2 Å². The first-order chi connectivity index (χ1) is 15.6. The summed E-state index contributed by atoms with van der Waals surface area (Å²) in [6, 6.07) is 12.4. The number of carbonyl (C=O) groups excluding carboxylic acids is 2. The summed E-state index contributed by atoms with van der Waals surface area (Å²) in [4.78, 5) is 28.0. The van der Waals surface area contributed by atoms with E-state index in [4.69, 9.17) is 0 Å². The van der Waals surface area contributed by atoms with E-state index in [2.05, 4.69) is 5.32 Å². The van der Waals surface area contributed by atoms with E-state index in [0.717, 1.165) is 32.8 Å². The second kappa shape index (κ2) is 10.6. The molecular weight excluding hydrogens is 450 g/mol. The van der Waals surface area contributed by atoms with E-state index < -0.39 is 34.1 Å². The molecular formula is C26H37N3O4S. The Morgan fingerprint density at radius 2 is 1.50 bits per heavy atom. The van der Waals surface area contributed by atoms with Crippen molar-refractivity contribution in [2.45, 2.75) is 66.6 Å². The van der Waals surface area contributed by atoms with Gasteiger partial charge in [-0.15, -0.1) is 0 Å². The topological polar surface area (TPSA) is 86.8 Å². The summed E-state index contributed by atoms with van der Waals surface area (Å²) >= 11 is 0. The summed E-state index contributed by atoms with van der Waals surface area (Å²) in [5.74, 6) is -0.754. The smallest absolute Gasteiger partial charge is 0.244 e. The number of para-hydroxylation sites is 1. The Labute approximate surface area is 204 Å². The monoisotopic (exact) mass is 487 g/mol. The van der Waals surface area contributed by atoms with Crippen LogP contribution < -0.4 is 9.62 Å². The van der Waals surface area contributed by atoms with Crippen LogP contribution in [-0.4, -0.2) is 49.5 Å². The second-order valence-electron chi connectivity index (χ2n) is 9.93. The zero-order valence-corrected chi connectivity index (χ0v) is 22.3. The van der Waals surface area contributed by atoms with Gasteiger partial charge in [-0.3, -0.25) is 13.9 Å². The third kappa shape index (κ3) is 7.32. The molecule has 0 aliphatic rings. The minimum atomic E-state index is -3.76. The van der Waals surface area contributed by atoms with Gasteiger partial charge in [-0.25, -0.2) is 8.42 Å². The predicted molar refractivity (Wildman–Crippen MR) is 137 cm³/mol. The molecule has 0 aromatic heterocycles. The molecule has 2 rings (SSSR count). The lowest BCUT2D eigenvalue weighted by molar-refractivity contribution is -0.140. The molecule has 2 aromatic rings. The molecule has 0 aliphatic carbocycles. The molecule has 0 saturated carbocycles. The van der Waals surface area contributed by atoms with Gasteiger partial charge in [0.15, 0.2) is 0 Å². The number of hydrogen-bond donors (Lipinski definition) is 1. The van der Waals surface area contributed by atoms with Gasteiger partial charge in [0.1, 0.15) is 12.6 Å². The first kappa shape index (κ1) is 27.4. The molecule has 1 atom stereocenters. The highest BCUT2D eigenvalue weighted by Gasteiger charge is 2.32. The highest BCUT2D eigenvalue weighted by molar-refractivity contribution is 7.92. The van der Waals surface area contributed by atoms with Crippen molar-refractivity contribution in [2.75, 3.05) is 17.1 Å². The maximum Gasteiger partial charge on any atom is 0.244 e. The van der Waals surface area contributed by atoms with Crippen LogP contribution in [0, 0.1) is 20.8 Å². The fourth-order valence-electron chi connectivity index (χ4n) is 3.72. The lowest BCUT2D eigenvalue weighted by Gasteiger charge is -2.33. The predicted octanol–water partition coefficient (Wildman–Crippen LogP) is 3.71. The number of anilines is 1. The molecule has 2 amide bonds. The fraction of sp³-hybridized carbons (Fsp3) is 0.462. The first-order valence-electron chi connectivity index (χ1n) is 11.3. The molecule has 8 heteroatoms. The number of amides is 2. The Hall–Kier alpha value is -2.87. The Kier molecular flexibility index (Phi) is 8.53. The molecule has 0 spiro atoms. The standard InChI is InChI=1S/C26H37N3O4S/c1-18-12-14-22(15-13-18)16-28(21(4)25(31)27-26(5,6)7)23(30)17-29(34(8,32)33)24-19(2)10-9-11-20(24)3/h9-15,21H,16-17H2,1-8H3,(H,27,31)/t21-/m1/s1. The Balaban J connectivity index is 2.45. The van der Waals surface area contributed by atoms with Crippen LogP contribution in [-0.2, 0) is 26.2 Å². The molecule has 186 valence electrons. The van der Waals surface area contributed by atoms with Crippen molar-refractivity contribution < 1.29 is 18.0 Å². The molecule has 0 unspecified atom stereocenters. The fourth-order valence-corrected chi connectivity index (χ4v) is 4.69. The summed E-state index contributed by atoms with van der Waals surface area (Å²) in [6.07, 6.45) is 1.09. The van der Waals surface area contributed by atoms with E-state index in [1.807, 2.05) is 84.0 Å². The number of rotatable bonds is 8. The lowest BCUT2D eigenvalue weighted by atomic mass is 10.1. The van der Waals surface area contributed by atoms with E-state index >= 15 is 0 Å². The van der Waals surface area contributed by atoms with Crippen molar-refractivity contribution in [3.8, 4) is 0 Å². The average Bonchev–Trinajstić information content (AvgIpc) is 2.69. The zero-order chi connectivity index (χ0) is 25.8. The average molecular weight is 488 g/mol. The van der Waals surface area contributed by atoms with Gasteiger partial charge < -0.3 is 10.2 Å². The quantitative estimate of drug-likeness (QED) is 0.615. The van der Waals surface area contributed by atoms with Gasteiger partial charge in [0.05, 0.1) is 11.9 Å². The number of hydrogen-bond acceptors (Lipinski definition) is 4. The van der Waals surface area contributed by atoms with Crippen molar-refractivity contribution in [1.29, 1.82) is 0 Å². The molecule has 0 aliphatic heterocycles. The largest absolute Gasteiger partial charge is 0.350 e. The number of nitrogens with zero attached hydrogens (tertiary/aromatic N) is 2. The number of sulfonamides is 1. The third-order valence-corrected chi connectivity index (χ3v) is 6.62. The van der Waals surface area contributed by atoms with Crippen LogP contribution in [0.5, 0.6) is 0 Å². The molecule has 0 heterocycles. The van der Waals surface area contributed by atoms with Crippen molar-refractivity contribution in [3.05, 3.63) is 64.7 Å². The SMILES string of the molecule is Cc1ccc(CN(C(=O)CN(c2c(C)cccc2C)S(C)(=O)=O)[C@H](C)C(=O)NC(C)(C)C)cc1. The molecule has 0 saturated heterocycles. The van der Waals surface area contributed by atoms with Crippen molar-refractivity contribution in [3.63, 3.8) is 0 Å². The summed E-state index contributed by atoms with van der Waals surface area (Å²) < 4.78 is 26.7. The molecule has 7 nitrogen and oxygen atoms in total. The van der Waals surface area contributed by atoms with Crippen LogP contribution in [0.4, 0.5) is 5.69 Å². The van der Waals surface area contributed by atoms with E-state index in [1.165, 1.54) is 4.90 Å². The van der Waals surface area contributed by atoms with Crippen LogP contribution in [0.1, 0.15) is 49.9 Å². The van der Waals surface area contributed by atoms with Gasteiger partial charge in [0, 0.05) is 12.1 Å². The summed E-state index contributed by atoms with van der Waals surface area (Å²) in [5, 5.41) is 2.92. The molecule has 34 heavy (non-hydrogen) atoms. The summed E-state index contributed by atoms with van der Waals surface area (Å²) in [7, 11) is -3.76. The minimum Gasteiger partial charge on any atom is -0.350 e. The number of nitrogens with one attached hydrogen (secondary N) is 1. The molecule has 1 N–H and O–H groups in total. The maximum atomic E-state index is 13.6. The zero-order valence-electron chi connectivity index (χ0n) is 21.5. The highest BCUT2D eigenvalue weighted by Crippen LogP contribution is 2.27. The Morgan fingerprint density at radius 3 is 1.97 bits per heavy atom. The van der Waals surface area contributed by atoms with Crippen LogP contribution in [0.3, 0.4) is 0 Å². The van der Waals surface area contributed by atoms with E-state index in [-0.39, 0.29) is 12.5 Å². The number of aryl methyl sites for hydroxylation is 3. The van der Waals surface area contributed by atoms with Crippen LogP contribution >= 0.6 is 0 Å². The number of carbonyl (C=O) groups is 2. The maximum absolute atomic E-state index is 13.6. The molecule has 0 fully saturated rings. The van der Waals surface area contributed by atoms with Gasteiger partial charge in [-0.1, -0.05) is 48.0 Å².